The minimum atomic E-state index is 0.286. The van der Waals surface area contributed by atoms with E-state index in [1.165, 1.54) is 11.3 Å². The maximum Gasteiger partial charge on any atom is 0.185 e. The van der Waals surface area contributed by atoms with Gasteiger partial charge in [0.2, 0.25) is 0 Å². The van der Waals surface area contributed by atoms with E-state index in [1.54, 1.807) is 0 Å². The molecule has 0 saturated carbocycles. The Morgan fingerprint density at radius 3 is 3.00 bits per heavy atom. The molecule has 0 radical (unpaired) electrons. The summed E-state index contributed by atoms with van der Waals surface area (Å²) in [7, 11) is 0. The van der Waals surface area contributed by atoms with Crippen molar-refractivity contribution >= 4 is 28.1 Å². The van der Waals surface area contributed by atoms with Crippen molar-refractivity contribution in [2.24, 2.45) is 0 Å². The molecule has 0 aliphatic rings. The Morgan fingerprint density at radius 1 is 1.82 bits per heavy atom. The zero-order valence-electron chi connectivity index (χ0n) is 5.89. The Hall–Kier alpha value is -0.790. The number of halogens is 1. The van der Waals surface area contributed by atoms with Gasteiger partial charge in [-0.2, -0.15) is 5.26 Å². The third-order valence-corrected chi connectivity index (χ3v) is 2.32. The Bertz CT molecular complexity index is 289. The van der Waals surface area contributed by atoms with Gasteiger partial charge in [-0.15, -0.1) is 0 Å². The highest BCUT2D eigenvalue weighted by Crippen LogP contribution is 2.25. The first kappa shape index (κ1) is 8.31. The van der Waals surface area contributed by atoms with Gasteiger partial charge in [0.1, 0.15) is 10.9 Å². The summed E-state index contributed by atoms with van der Waals surface area (Å²) in [6, 6.07) is 1.96. The van der Waals surface area contributed by atoms with Crippen molar-refractivity contribution in [2.75, 3.05) is 11.9 Å². The van der Waals surface area contributed by atoms with E-state index >= 15 is 0 Å². The maximum atomic E-state index is 8.51. The third kappa shape index (κ3) is 1.82. The number of nitrogens with zero attached hydrogens (tertiary/aromatic N) is 2. The van der Waals surface area contributed by atoms with Crippen molar-refractivity contribution in [2.45, 2.75) is 6.92 Å². The smallest absolute Gasteiger partial charge is 0.185 e. The van der Waals surface area contributed by atoms with Crippen LogP contribution in [0.2, 0.25) is 5.15 Å². The average molecular weight is 188 g/mol. The molecule has 1 heterocycles. The highest BCUT2D eigenvalue weighted by molar-refractivity contribution is 7.16. The van der Waals surface area contributed by atoms with Crippen LogP contribution in [0, 0.1) is 11.3 Å². The van der Waals surface area contributed by atoms with Gasteiger partial charge in [0.25, 0.3) is 0 Å². The molecule has 0 aliphatic heterocycles. The van der Waals surface area contributed by atoms with Crippen LogP contribution in [0.3, 0.4) is 0 Å². The van der Waals surface area contributed by atoms with Crippen LogP contribution in [-0.2, 0) is 0 Å². The number of nitrogens with one attached hydrogen (secondary N) is 1. The zero-order valence-corrected chi connectivity index (χ0v) is 7.46. The standard InChI is InChI=1S/C6H6ClN3S/c1-2-9-6-10-5(7)4(3-8)11-6/h2H2,1H3,(H,9,10). The van der Waals surface area contributed by atoms with Crippen LogP contribution >= 0.6 is 22.9 Å². The van der Waals surface area contributed by atoms with Crippen molar-refractivity contribution < 1.29 is 0 Å². The van der Waals surface area contributed by atoms with Gasteiger partial charge in [0, 0.05) is 6.54 Å². The van der Waals surface area contributed by atoms with E-state index in [0.29, 0.717) is 10.0 Å². The lowest BCUT2D eigenvalue weighted by molar-refractivity contribution is 1.19. The molecule has 0 aromatic carbocycles. The van der Waals surface area contributed by atoms with Gasteiger partial charge in [-0.1, -0.05) is 22.9 Å². The highest BCUT2D eigenvalue weighted by atomic mass is 35.5. The molecule has 0 bridgehead atoms. The van der Waals surface area contributed by atoms with E-state index in [9.17, 15) is 0 Å². The number of anilines is 1. The summed E-state index contributed by atoms with van der Waals surface area (Å²) in [6.07, 6.45) is 0. The predicted octanol–water partition coefficient (Wildman–Crippen LogP) is 2.10. The molecule has 0 aliphatic carbocycles. The molecule has 3 nitrogen and oxygen atoms in total. The lowest BCUT2D eigenvalue weighted by atomic mass is 10.6. The van der Waals surface area contributed by atoms with Crippen LogP contribution in [0.4, 0.5) is 5.13 Å². The second kappa shape index (κ2) is 3.56. The number of hydrogen-bond donors (Lipinski definition) is 1. The minimum Gasteiger partial charge on any atom is -0.362 e. The fourth-order valence-electron chi connectivity index (χ4n) is 0.597. The first-order chi connectivity index (χ1) is 5.27. The lowest BCUT2D eigenvalue weighted by Gasteiger charge is -1.91. The van der Waals surface area contributed by atoms with Gasteiger partial charge >= 0.3 is 0 Å². The van der Waals surface area contributed by atoms with Gasteiger partial charge in [-0.25, -0.2) is 4.98 Å². The molecule has 1 rings (SSSR count). The molecule has 5 heteroatoms. The molecule has 1 aromatic rings. The SMILES string of the molecule is CCNc1nc(Cl)c(C#N)s1. The highest BCUT2D eigenvalue weighted by Gasteiger charge is 2.06. The molecule has 0 amide bonds. The van der Waals surface area contributed by atoms with Gasteiger partial charge in [-0.3, -0.25) is 0 Å². The zero-order chi connectivity index (χ0) is 8.27. The van der Waals surface area contributed by atoms with Gasteiger partial charge < -0.3 is 5.32 Å². The topological polar surface area (TPSA) is 48.7 Å². The number of nitriles is 1. The van der Waals surface area contributed by atoms with Crippen molar-refractivity contribution in [3.05, 3.63) is 10.0 Å². The summed E-state index contributed by atoms with van der Waals surface area (Å²) in [6.45, 7) is 2.75. The molecule has 0 atom stereocenters. The normalized spacial score (nSPS) is 9.18. The Kier molecular flexibility index (Phi) is 2.69. The van der Waals surface area contributed by atoms with Crippen LogP contribution in [-0.4, -0.2) is 11.5 Å². The Balaban J connectivity index is 2.89. The molecule has 0 unspecified atom stereocenters. The van der Waals surface area contributed by atoms with Crippen LogP contribution < -0.4 is 5.32 Å². The van der Waals surface area contributed by atoms with E-state index in [2.05, 4.69) is 10.3 Å². The van der Waals surface area contributed by atoms with Gasteiger partial charge in [0.15, 0.2) is 10.3 Å². The quantitative estimate of drug-likeness (QED) is 0.772. The second-order valence-corrected chi connectivity index (χ2v) is 3.14. The minimum absolute atomic E-state index is 0.286. The Morgan fingerprint density at radius 2 is 2.55 bits per heavy atom. The van der Waals surface area contributed by atoms with E-state index < -0.39 is 0 Å². The maximum absolute atomic E-state index is 8.51. The molecule has 11 heavy (non-hydrogen) atoms. The lowest BCUT2D eigenvalue weighted by Crippen LogP contribution is -1.94. The van der Waals surface area contributed by atoms with E-state index in [4.69, 9.17) is 16.9 Å². The summed E-state index contributed by atoms with van der Waals surface area (Å²) in [5.41, 5.74) is 0. The number of thiazole rings is 1. The number of aromatic nitrogens is 1. The molecule has 0 fully saturated rings. The van der Waals surface area contributed by atoms with Crippen molar-refractivity contribution in [1.29, 1.82) is 5.26 Å². The summed E-state index contributed by atoms with van der Waals surface area (Å²) < 4.78 is 0. The third-order valence-electron chi connectivity index (χ3n) is 1.02. The van der Waals surface area contributed by atoms with E-state index in [1.807, 2.05) is 13.0 Å². The second-order valence-electron chi connectivity index (χ2n) is 1.78. The van der Waals surface area contributed by atoms with Crippen LogP contribution in [0.15, 0.2) is 0 Å². The molecule has 1 N–H and O–H groups in total. The van der Waals surface area contributed by atoms with Gasteiger partial charge in [0.05, 0.1) is 0 Å². The molecule has 0 spiro atoms. The average Bonchev–Trinajstić information content (AvgIpc) is 2.32. The fourth-order valence-corrected chi connectivity index (χ4v) is 1.61. The summed E-state index contributed by atoms with van der Waals surface area (Å²) >= 11 is 6.89. The summed E-state index contributed by atoms with van der Waals surface area (Å²) in [4.78, 5) is 4.38. The van der Waals surface area contributed by atoms with Crippen molar-refractivity contribution in [3.63, 3.8) is 0 Å². The Labute approximate surface area is 73.6 Å². The molecule has 58 valence electrons. The van der Waals surface area contributed by atoms with Gasteiger partial charge in [-0.05, 0) is 6.92 Å². The largest absolute Gasteiger partial charge is 0.362 e. The first-order valence-electron chi connectivity index (χ1n) is 3.08. The molecular weight excluding hydrogens is 182 g/mol. The monoisotopic (exact) mass is 187 g/mol. The first-order valence-corrected chi connectivity index (χ1v) is 4.27. The van der Waals surface area contributed by atoms with Crippen LogP contribution in [0.1, 0.15) is 11.8 Å². The number of rotatable bonds is 2. The molecule has 0 saturated heterocycles. The van der Waals surface area contributed by atoms with E-state index in [-0.39, 0.29) is 5.15 Å². The predicted molar refractivity (Wildman–Crippen MR) is 46.0 cm³/mol. The van der Waals surface area contributed by atoms with E-state index in [0.717, 1.165) is 6.54 Å². The van der Waals surface area contributed by atoms with Crippen molar-refractivity contribution in [1.82, 2.24) is 4.98 Å². The summed E-state index contributed by atoms with van der Waals surface area (Å²) in [5, 5.41) is 12.5. The summed E-state index contributed by atoms with van der Waals surface area (Å²) in [5.74, 6) is 0. The fraction of sp³-hybridized carbons (Fsp3) is 0.333. The van der Waals surface area contributed by atoms with Crippen LogP contribution in [0.25, 0.3) is 0 Å². The molecule has 1 aromatic heterocycles. The van der Waals surface area contributed by atoms with Crippen molar-refractivity contribution in [3.8, 4) is 6.07 Å². The molecular formula is C6H6ClN3S. The number of hydrogen-bond acceptors (Lipinski definition) is 4. The van der Waals surface area contributed by atoms with Crippen LogP contribution in [0.5, 0.6) is 0 Å².